The van der Waals surface area contributed by atoms with Gasteiger partial charge in [0.2, 0.25) is 0 Å². The van der Waals surface area contributed by atoms with Gasteiger partial charge in [0, 0.05) is 12.5 Å². The van der Waals surface area contributed by atoms with Crippen molar-refractivity contribution in [2.45, 2.75) is 38.1 Å². The van der Waals surface area contributed by atoms with Crippen LogP contribution in [-0.4, -0.2) is 23.5 Å². The smallest absolute Gasteiger partial charge is 0.150 e. The lowest BCUT2D eigenvalue weighted by Crippen LogP contribution is -2.32. The number of rotatable bonds is 5. The normalized spacial score (nSPS) is 16.2. The van der Waals surface area contributed by atoms with Crippen LogP contribution in [0.15, 0.2) is 24.3 Å². The van der Waals surface area contributed by atoms with Crippen LogP contribution in [0.1, 0.15) is 31.2 Å². The number of carbonyl (C=O) groups is 1. The number of carbonyl (C=O) groups excluding carboxylic acids is 1. The van der Waals surface area contributed by atoms with Gasteiger partial charge >= 0.3 is 0 Å². The zero-order valence-electron chi connectivity index (χ0n) is 9.98. The highest BCUT2D eigenvalue weighted by Gasteiger charge is 2.15. The van der Waals surface area contributed by atoms with Crippen molar-refractivity contribution in [3.63, 3.8) is 0 Å². The Morgan fingerprint density at radius 1 is 1.35 bits per heavy atom. The van der Waals surface area contributed by atoms with E-state index in [-0.39, 0.29) is 11.5 Å². The fourth-order valence-electron chi connectivity index (χ4n) is 2.34. The van der Waals surface area contributed by atoms with Gasteiger partial charge in [0.1, 0.15) is 5.75 Å². The lowest BCUT2D eigenvalue weighted by molar-refractivity contribution is -0.117. The van der Waals surface area contributed by atoms with Crippen LogP contribution in [0.3, 0.4) is 0 Å². The predicted molar refractivity (Wildman–Crippen MR) is 67.1 cm³/mol. The number of phenols is 1. The summed E-state index contributed by atoms with van der Waals surface area (Å²) in [5.41, 5.74) is 0.878. The van der Waals surface area contributed by atoms with E-state index in [9.17, 15) is 9.90 Å². The lowest BCUT2D eigenvalue weighted by Gasteiger charge is -2.10. The van der Waals surface area contributed by atoms with E-state index in [4.69, 9.17) is 0 Å². The summed E-state index contributed by atoms with van der Waals surface area (Å²) in [7, 11) is 0. The van der Waals surface area contributed by atoms with E-state index in [0.29, 0.717) is 19.0 Å². The van der Waals surface area contributed by atoms with Gasteiger partial charge in [-0.2, -0.15) is 0 Å². The number of benzene rings is 1. The van der Waals surface area contributed by atoms with Gasteiger partial charge in [0.25, 0.3) is 0 Å². The highest BCUT2D eigenvalue weighted by molar-refractivity contribution is 5.82. The van der Waals surface area contributed by atoms with Crippen molar-refractivity contribution in [2.75, 3.05) is 6.54 Å². The van der Waals surface area contributed by atoms with Crippen molar-refractivity contribution in [1.29, 1.82) is 0 Å². The first-order valence-corrected chi connectivity index (χ1v) is 6.27. The maximum atomic E-state index is 11.7. The standard InChI is InChI=1S/C14H19NO2/c16-13-7-3-4-11(8-13)9-14(17)10-15-12-5-1-2-6-12/h3-4,7-8,12,15-16H,1-2,5-6,9-10H2. The van der Waals surface area contributed by atoms with Gasteiger partial charge in [-0.15, -0.1) is 0 Å². The molecule has 0 spiro atoms. The Morgan fingerprint density at radius 2 is 2.12 bits per heavy atom. The van der Waals surface area contributed by atoms with Gasteiger partial charge in [-0.1, -0.05) is 25.0 Å². The first-order valence-electron chi connectivity index (χ1n) is 6.27. The van der Waals surface area contributed by atoms with Gasteiger partial charge < -0.3 is 10.4 Å². The van der Waals surface area contributed by atoms with E-state index in [1.54, 1.807) is 18.2 Å². The van der Waals surface area contributed by atoms with Crippen LogP contribution in [0.5, 0.6) is 5.75 Å². The molecule has 3 heteroatoms. The number of phenolic OH excluding ortho intramolecular Hbond substituents is 1. The van der Waals surface area contributed by atoms with Crippen LogP contribution in [0.25, 0.3) is 0 Å². The van der Waals surface area contributed by atoms with E-state index < -0.39 is 0 Å². The molecule has 92 valence electrons. The summed E-state index contributed by atoms with van der Waals surface area (Å²) in [6.45, 7) is 0.445. The molecule has 0 aromatic heterocycles. The van der Waals surface area contributed by atoms with Gasteiger partial charge in [0.05, 0.1) is 6.54 Å². The maximum Gasteiger partial charge on any atom is 0.150 e. The molecule has 0 unspecified atom stereocenters. The average Bonchev–Trinajstić information content (AvgIpc) is 2.79. The Balaban J connectivity index is 1.76. The molecule has 1 fully saturated rings. The zero-order valence-corrected chi connectivity index (χ0v) is 9.98. The fourth-order valence-corrected chi connectivity index (χ4v) is 2.34. The Kier molecular flexibility index (Phi) is 4.15. The minimum absolute atomic E-state index is 0.183. The Labute approximate surface area is 102 Å². The van der Waals surface area contributed by atoms with Crippen molar-refractivity contribution in [3.05, 3.63) is 29.8 Å². The molecule has 0 bridgehead atoms. The minimum atomic E-state index is 0.183. The first-order chi connectivity index (χ1) is 8.24. The van der Waals surface area contributed by atoms with E-state index in [1.165, 1.54) is 25.7 Å². The molecule has 1 saturated carbocycles. The molecule has 2 N–H and O–H groups in total. The monoisotopic (exact) mass is 233 g/mol. The number of hydrogen-bond donors (Lipinski definition) is 2. The van der Waals surface area contributed by atoms with Crippen molar-refractivity contribution in [3.8, 4) is 5.75 Å². The van der Waals surface area contributed by atoms with Crippen LogP contribution in [0, 0.1) is 0 Å². The molecule has 0 atom stereocenters. The lowest BCUT2D eigenvalue weighted by atomic mass is 10.1. The molecular formula is C14H19NO2. The van der Waals surface area contributed by atoms with Crippen LogP contribution in [-0.2, 0) is 11.2 Å². The predicted octanol–water partition coefficient (Wildman–Crippen LogP) is 2.04. The number of nitrogens with one attached hydrogen (secondary N) is 1. The second-order valence-electron chi connectivity index (χ2n) is 4.75. The molecule has 1 aliphatic carbocycles. The van der Waals surface area contributed by atoms with Gasteiger partial charge in [-0.05, 0) is 30.5 Å². The van der Waals surface area contributed by atoms with Crippen molar-refractivity contribution < 1.29 is 9.90 Å². The van der Waals surface area contributed by atoms with E-state index >= 15 is 0 Å². The molecular weight excluding hydrogens is 214 g/mol. The summed E-state index contributed by atoms with van der Waals surface area (Å²) in [5, 5.41) is 12.6. The fraction of sp³-hybridized carbons (Fsp3) is 0.500. The third-order valence-corrected chi connectivity index (χ3v) is 3.25. The molecule has 0 amide bonds. The number of hydrogen-bond acceptors (Lipinski definition) is 3. The third kappa shape index (κ3) is 3.86. The second kappa shape index (κ2) is 5.82. The molecule has 0 aliphatic heterocycles. The zero-order chi connectivity index (χ0) is 12.1. The number of ketones is 1. The second-order valence-corrected chi connectivity index (χ2v) is 4.75. The maximum absolute atomic E-state index is 11.7. The molecule has 1 aliphatic rings. The van der Waals surface area contributed by atoms with Crippen LogP contribution >= 0.6 is 0 Å². The Hall–Kier alpha value is -1.35. The molecule has 0 radical (unpaired) electrons. The van der Waals surface area contributed by atoms with Crippen LogP contribution in [0.4, 0.5) is 0 Å². The summed E-state index contributed by atoms with van der Waals surface area (Å²) in [6.07, 6.45) is 5.34. The molecule has 1 aromatic rings. The van der Waals surface area contributed by atoms with Crippen molar-refractivity contribution >= 4 is 5.78 Å². The summed E-state index contributed by atoms with van der Waals surface area (Å²) in [5.74, 6) is 0.404. The summed E-state index contributed by atoms with van der Waals surface area (Å²) in [6, 6.07) is 7.43. The number of Topliss-reactive ketones (excluding diaryl/α,β-unsaturated/α-hetero) is 1. The van der Waals surface area contributed by atoms with Gasteiger partial charge in [-0.3, -0.25) is 4.79 Å². The van der Waals surface area contributed by atoms with Crippen LogP contribution < -0.4 is 5.32 Å². The molecule has 17 heavy (non-hydrogen) atoms. The van der Waals surface area contributed by atoms with E-state index in [2.05, 4.69) is 5.32 Å². The SMILES string of the molecule is O=C(CNC1CCCC1)Cc1cccc(O)c1. The summed E-state index contributed by atoms with van der Waals surface area (Å²) >= 11 is 0. The molecule has 1 aromatic carbocycles. The minimum Gasteiger partial charge on any atom is -0.508 e. The van der Waals surface area contributed by atoms with Gasteiger partial charge in [-0.25, -0.2) is 0 Å². The van der Waals surface area contributed by atoms with E-state index in [1.807, 2.05) is 6.07 Å². The quantitative estimate of drug-likeness (QED) is 0.818. The first kappa shape index (κ1) is 12.1. The van der Waals surface area contributed by atoms with E-state index in [0.717, 1.165) is 5.56 Å². The number of aromatic hydroxyl groups is 1. The topological polar surface area (TPSA) is 49.3 Å². The van der Waals surface area contributed by atoms with Crippen molar-refractivity contribution in [2.24, 2.45) is 0 Å². The molecule has 3 nitrogen and oxygen atoms in total. The Morgan fingerprint density at radius 3 is 2.82 bits per heavy atom. The average molecular weight is 233 g/mol. The Bertz CT molecular complexity index is 384. The van der Waals surface area contributed by atoms with Crippen LogP contribution in [0.2, 0.25) is 0 Å². The highest BCUT2D eigenvalue weighted by Crippen LogP contribution is 2.17. The summed E-state index contributed by atoms with van der Waals surface area (Å²) < 4.78 is 0. The third-order valence-electron chi connectivity index (χ3n) is 3.25. The highest BCUT2D eigenvalue weighted by atomic mass is 16.3. The van der Waals surface area contributed by atoms with Crippen molar-refractivity contribution in [1.82, 2.24) is 5.32 Å². The van der Waals surface area contributed by atoms with Gasteiger partial charge in [0.15, 0.2) is 5.78 Å². The summed E-state index contributed by atoms with van der Waals surface area (Å²) in [4.78, 5) is 11.7. The largest absolute Gasteiger partial charge is 0.508 e. The molecule has 0 saturated heterocycles. The molecule has 0 heterocycles. The molecule has 2 rings (SSSR count).